The van der Waals surface area contributed by atoms with Crippen LogP contribution in [0, 0.1) is 17.0 Å². The Morgan fingerprint density at radius 2 is 1.96 bits per heavy atom. The van der Waals surface area contributed by atoms with Crippen molar-refractivity contribution < 1.29 is 14.4 Å². The summed E-state index contributed by atoms with van der Waals surface area (Å²) in [7, 11) is 0. The van der Waals surface area contributed by atoms with Gasteiger partial charge >= 0.3 is 0 Å². The first-order chi connectivity index (χ1) is 12.6. The summed E-state index contributed by atoms with van der Waals surface area (Å²) in [5, 5.41) is 16.0. The van der Waals surface area contributed by atoms with Crippen LogP contribution in [0.2, 0.25) is 0 Å². The van der Waals surface area contributed by atoms with Gasteiger partial charge < -0.3 is 9.47 Å². The van der Waals surface area contributed by atoms with Crippen LogP contribution in [0.5, 0.6) is 11.5 Å². The van der Waals surface area contributed by atoms with Crippen LogP contribution in [0.3, 0.4) is 0 Å². The molecule has 1 aromatic heterocycles. The lowest BCUT2D eigenvalue weighted by Crippen LogP contribution is -2.08. The Balaban J connectivity index is 1.73. The predicted molar refractivity (Wildman–Crippen MR) is 93.9 cm³/mol. The minimum Gasteiger partial charge on any atom is -0.454 e. The molecule has 0 saturated carbocycles. The second kappa shape index (κ2) is 5.32. The molecule has 1 aliphatic heterocycles. The number of aryl methyl sites for hydroxylation is 2. The van der Waals surface area contributed by atoms with Gasteiger partial charge in [-0.3, -0.25) is 10.1 Å². The van der Waals surface area contributed by atoms with E-state index in [4.69, 9.17) is 14.6 Å². The highest BCUT2D eigenvalue weighted by Gasteiger charge is 2.27. The zero-order valence-electron chi connectivity index (χ0n) is 14.1. The molecule has 7 nitrogen and oxygen atoms in total. The van der Waals surface area contributed by atoms with Crippen LogP contribution < -0.4 is 9.47 Å². The number of fused-ring (bicyclic) bond motifs is 4. The van der Waals surface area contributed by atoms with E-state index in [1.165, 1.54) is 0 Å². The lowest BCUT2D eigenvalue weighted by atomic mass is 9.88. The Hall–Kier alpha value is -3.35. The summed E-state index contributed by atoms with van der Waals surface area (Å²) in [6, 6.07) is 10.7. The highest BCUT2D eigenvalue weighted by atomic mass is 16.7. The molecule has 0 N–H and O–H groups in total. The SMILES string of the molecule is Cc1nn(-c2ccc3c(c2)OCO3)c2c1CCc1ccc([N+](=O)[O-])cc1-2. The third kappa shape index (κ3) is 2.10. The first-order valence-electron chi connectivity index (χ1n) is 8.38. The average molecular weight is 349 g/mol. The maximum absolute atomic E-state index is 11.2. The molecule has 26 heavy (non-hydrogen) atoms. The molecule has 0 saturated heterocycles. The van der Waals surface area contributed by atoms with Crippen molar-refractivity contribution >= 4 is 5.69 Å². The predicted octanol–water partition coefficient (Wildman–Crippen LogP) is 3.58. The van der Waals surface area contributed by atoms with Gasteiger partial charge in [0, 0.05) is 29.3 Å². The molecular formula is C19H15N3O4. The van der Waals surface area contributed by atoms with Crippen LogP contribution in [0.15, 0.2) is 36.4 Å². The van der Waals surface area contributed by atoms with Crippen molar-refractivity contribution in [3.05, 3.63) is 63.3 Å². The van der Waals surface area contributed by atoms with Crippen molar-refractivity contribution in [2.24, 2.45) is 0 Å². The molecule has 0 bridgehead atoms. The molecule has 0 unspecified atom stereocenters. The summed E-state index contributed by atoms with van der Waals surface area (Å²) in [4.78, 5) is 10.9. The molecular weight excluding hydrogens is 334 g/mol. The standard InChI is InChI=1S/C19H15N3O4/c1-11-15-6-3-12-2-4-14(22(23)24)8-16(12)19(15)21(20-11)13-5-7-17-18(9-13)26-10-25-17/h2,4-5,7-9H,3,6,10H2,1H3. The molecule has 3 aromatic rings. The second-order valence-electron chi connectivity index (χ2n) is 6.46. The minimum atomic E-state index is -0.358. The maximum atomic E-state index is 11.2. The molecule has 0 fully saturated rings. The summed E-state index contributed by atoms with van der Waals surface area (Å²) in [6.45, 7) is 2.19. The Labute approximate surface area is 148 Å². The van der Waals surface area contributed by atoms with Gasteiger partial charge in [-0.05, 0) is 37.5 Å². The summed E-state index contributed by atoms with van der Waals surface area (Å²) >= 11 is 0. The van der Waals surface area contributed by atoms with E-state index in [1.54, 1.807) is 12.1 Å². The number of nitro groups is 1. The topological polar surface area (TPSA) is 79.4 Å². The highest BCUT2D eigenvalue weighted by molar-refractivity contribution is 5.75. The van der Waals surface area contributed by atoms with E-state index in [-0.39, 0.29) is 17.4 Å². The van der Waals surface area contributed by atoms with Gasteiger partial charge in [0.25, 0.3) is 5.69 Å². The molecule has 1 aliphatic carbocycles. The molecule has 0 amide bonds. The van der Waals surface area contributed by atoms with E-state index in [1.807, 2.05) is 35.9 Å². The third-order valence-electron chi connectivity index (χ3n) is 4.99. The van der Waals surface area contributed by atoms with E-state index >= 15 is 0 Å². The lowest BCUT2D eigenvalue weighted by molar-refractivity contribution is -0.384. The number of rotatable bonds is 2. The van der Waals surface area contributed by atoms with Crippen molar-refractivity contribution in [1.82, 2.24) is 9.78 Å². The normalized spacial score (nSPS) is 14.0. The molecule has 2 heterocycles. The number of ether oxygens (including phenoxy) is 2. The quantitative estimate of drug-likeness (QED) is 0.522. The zero-order valence-corrected chi connectivity index (χ0v) is 14.1. The van der Waals surface area contributed by atoms with Gasteiger partial charge in [0.1, 0.15) is 0 Å². The van der Waals surface area contributed by atoms with Gasteiger partial charge in [-0.15, -0.1) is 0 Å². The van der Waals surface area contributed by atoms with Gasteiger partial charge in [-0.2, -0.15) is 5.10 Å². The number of hydrogen-bond donors (Lipinski definition) is 0. The maximum Gasteiger partial charge on any atom is 0.270 e. The molecule has 0 atom stereocenters. The van der Waals surface area contributed by atoms with Crippen LogP contribution in [0.4, 0.5) is 5.69 Å². The monoisotopic (exact) mass is 349 g/mol. The van der Waals surface area contributed by atoms with Gasteiger partial charge in [-0.25, -0.2) is 4.68 Å². The van der Waals surface area contributed by atoms with Crippen molar-refractivity contribution in [3.63, 3.8) is 0 Å². The van der Waals surface area contributed by atoms with Gasteiger partial charge in [0.15, 0.2) is 11.5 Å². The zero-order chi connectivity index (χ0) is 17.8. The Morgan fingerprint density at radius 1 is 1.12 bits per heavy atom. The molecule has 130 valence electrons. The summed E-state index contributed by atoms with van der Waals surface area (Å²) < 4.78 is 12.7. The van der Waals surface area contributed by atoms with Crippen LogP contribution in [0.1, 0.15) is 16.8 Å². The number of non-ortho nitro benzene ring substituents is 1. The van der Waals surface area contributed by atoms with Gasteiger partial charge in [0.05, 0.1) is 22.0 Å². The smallest absolute Gasteiger partial charge is 0.270 e. The lowest BCUT2D eigenvalue weighted by Gasteiger charge is -2.18. The first-order valence-corrected chi connectivity index (χ1v) is 8.38. The first kappa shape index (κ1) is 14.9. The summed E-state index contributed by atoms with van der Waals surface area (Å²) in [5.41, 5.74) is 5.91. The van der Waals surface area contributed by atoms with Crippen molar-refractivity contribution in [1.29, 1.82) is 0 Å². The number of hydrogen-bond acceptors (Lipinski definition) is 5. The fourth-order valence-electron chi connectivity index (χ4n) is 3.72. The minimum absolute atomic E-state index is 0.0905. The third-order valence-corrected chi connectivity index (χ3v) is 4.99. The highest BCUT2D eigenvalue weighted by Crippen LogP contribution is 2.40. The fraction of sp³-hybridized carbons (Fsp3) is 0.211. The number of benzene rings is 2. The van der Waals surface area contributed by atoms with E-state index in [0.717, 1.165) is 46.6 Å². The van der Waals surface area contributed by atoms with Crippen molar-refractivity contribution in [2.75, 3.05) is 6.79 Å². The van der Waals surface area contributed by atoms with E-state index < -0.39 is 0 Å². The van der Waals surface area contributed by atoms with Crippen molar-refractivity contribution in [2.45, 2.75) is 19.8 Å². The van der Waals surface area contributed by atoms with E-state index in [9.17, 15) is 10.1 Å². The van der Waals surface area contributed by atoms with Crippen LogP contribution in [-0.4, -0.2) is 21.5 Å². The molecule has 0 radical (unpaired) electrons. The largest absolute Gasteiger partial charge is 0.454 e. The van der Waals surface area contributed by atoms with E-state index in [0.29, 0.717) is 11.5 Å². The number of nitrogens with zero attached hydrogens (tertiary/aromatic N) is 3. The van der Waals surface area contributed by atoms with Crippen LogP contribution in [-0.2, 0) is 12.8 Å². The van der Waals surface area contributed by atoms with Crippen LogP contribution >= 0.6 is 0 Å². The van der Waals surface area contributed by atoms with Crippen LogP contribution in [0.25, 0.3) is 16.9 Å². The number of nitro benzene ring substituents is 1. The Morgan fingerprint density at radius 3 is 2.81 bits per heavy atom. The van der Waals surface area contributed by atoms with Crippen molar-refractivity contribution in [3.8, 4) is 28.4 Å². The molecule has 7 heteroatoms. The summed E-state index contributed by atoms with van der Waals surface area (Å²) in [6.07, 6.45) is 1.73. The molecule has 2 aliphatic rings. The molecule has 5 rings (SSSR count). The number of aromatic nitrogens is 2. The van der Waals surface area contributed by atoms with Gasteiger partial charge in [0.2, 0.25) is 6.79 Å². The average Bonchev–Trinajstić information content (AvgIpc) is 3.25. The second-order valence-corrected chi connectivity index (χ2v) is 6.46. The fourth-order valence-corrected chi connectivity index (χ4v) is 3.72. The van der Waals surface area contributed by atoms with Gasteiger partial charge in [-0.1, -0.05) is 6.07 Å². The molecule has 0 spiro atoms. The van der Waals surface area contributed by atoms with E-state index in [2.05, 4.69) is 0 Å². The summed E-state index contributed by atoms with van der Waals surface area (Å²) in [5.74, 6) is 1.39. The Kier molecular flexibility index (Phi) is 3.06. The molecule has 2 aromatic carbocycles. The Bertz CT molecular complexity index is 1070.